The number of aromatic nitrogens is 1. The number of anilines is 1. The second kappa shape index (κ2) is 8.67. The van der Waals surface area contributed by atoms with E-state index in [2.05, 4.69) is 4.98 Å². The predicted molar refractivity (Wildman–Crippen MR) is 123 cm³/mol. The maximum atomic E-state index is 13.2. The summed E-state index contributed by atoms with van der Waals surface area (Å²) < 4.78 is 5.58. The van der Waals surface area contributed by atoms with Gasteiger partial charge in [0.2, 0.25) is 0 Å². The zero-order valence-electron chi connectivity index (χ0n) is 18.2. The van der Waals surface area contributed by atoms with Gasteiger partial charge in [0.05, 0.1) is 18.2 Å². The molecule has 6 nitrogen and oxygen atoms in total. The van der Waals surface area contributed by atoms with Crippen LogP contribution in [0.5, 0.6) is 5.75 Å². The van der Waals surface area contributed by atoms with Crippen LogP contribution in [0.3, 0.4) is 0 Å². The lowest BCUT2D eigenvalue weighted by Crippen LogP contribution is -2.30. The fourth-order valence-electron chi connectivity index (χ4n) is 4.05. The Morgan fingerprint density at radius 3 is 2.41 bits per heavy atom. The van der Waals surface area contributed by atoms with Crippen LogP contribution in [0.25, 0.3) is 5.76 Å². The number of ketones is 1. The van der Waals surface area contributed by atoms with Crippen molar-refractivity contribution in [3.63, 3.8) is 0 Å². The number of ether oxygens (including phenoxy) is 1. The van der Waals surface area contributed by atoms with E-state index in [1.165, 1.54) is 4.90 Å². The van der Waals surface area contributed by atoms with E-state index in [4.69, 9.17) is 4.74 Å². The highest BCUT2D eigenvalue weighted by atomic mass is 16.5. The maximum absolute atomic E-state index is 13.2. The Hall–Kier alpha value is -3.93. The van der Waals surface area contributed by atoms with Crippen LogP contribution in [0.2, 0.25) is 0 Å². The zero-order valence-corrected chi connectivity index (χ0v) is 18.2. The maximum Gasteiger partial charge on any atom is 0.300 e. The number of Topliss-reactive ketones (excluding diaryl/α,β-unsaturated/α-hetero) is 1. The summed E-state index contributed by atoms with van der Waals surface area (Å²) in [5.74, 6) is -0.910. The molecule has 1 aromatic heterocycles. The van der Waals surface area contributed by atoms with Crippen LogP contribution in [0.1, 0.15) is 35.2 Å². The summed E-state index contributed by atoms with van der Waals surface area (Å²) in [7, 11) is 0. The number of benzene rings is 2. The highest BCUT2D eigenvalue weighted by molar-refractivity contribution is 6.51. The third kappa shape index (κ3) is 3.64. The number of pyridine rings is 1. The summed E-state index contributed by atoms with van der Waals surface area (Å²) in [6, 6.07) is 15.3. The minimum absolute atomic E-state index is 0.0491. The summed E-state index contributed by atoms with van der Waals surface area (Å²) in [5.41, 5.74) is 3.49. The minimum atomic E-state index is -0.772. The lowest BCUT2D eigenvalue weighted by molar-refractivity contribution is -0.132. The number of carbonyl (C=O) groups is 2. The summed E-state index contributed by atoms with van der Waals surface area (Å²) in [6.45, 7) is 6.17. The number of hydrogen-bond donors (Lipinski definition) is 1. The number of nitrogens with zero attached hydrogens (tertiary/aromatic N) is 2. The van der Waals surface area contributed by atoms with Crippen LogP contribution >= 0.6 is 0 Å². The molecule has 0 saturated carbocycles. The van der Waals surface area contributed by atoms with E-state index in [1.807, 2.05) is 39.0 Å². The Morgan fingerprint density at radius 1 is 1.03 bits per heavy atom. The smallest absolute Gasteiger partial charge is 0.300 e. The summed E-state index contributed by atoms with van der Waals surface area (Å²) in [4.78, 5) is 31.9. The Morgan fingerprint density at radius 2 is 1.75 bits per heavy atom. The second-order valence-electron chi connectivity index (χ2n) is 7.65. The van der Waals surface area contributed by atoms with E-state index in [9.17, 15) is 14.7 Å². The van der Waals surface area contributed by atoms with Gasteiger partial charge in [-0.3, -0.25) is 19.5 Å². The van der Waals surface area contributed by atoms with Gasteiger partial charge in [-0.2, -0.15) is 0 Å². The van der Waals surface area contributed by atoms with Crippen LogP contribution in [-0.4, -0.2) is 28.4 Å². The quantitative estimate of drug-likeness (QED) is 0.361. The molecule has 32 heavy (non-hydrogen) atoms. The standard InChI is InChI=1S/C26H24N2O4/c1-4-32-21-10-9-19(15-17(21)3)24(29)22-23(18-11-13-27-14-12-18)28(26(31)25(22)30)20-8-6-5-7-16(20)2/h5-15,23,29H,4H2,1-3H3/b24-22-. The van der Waals surface area contributed by atoms with Gasteiger partial charge in [0.1, 0.15) is 11.5 Å². The number of aliphatic hydroxyl groups is 1. The number of rotatable bonds is 5. The fraction of sp³-hybridized carbons (Fsp3) is 0.192. The molecule has 1 unspecified atom stereocenters. The molecule has 1 atom stereocenters. The first-order valence-corrected chi connectivity index (χ1v) is 10.4. The molecule has 1 aliphatic rings. The van der Waals surface area contributed by atoms with Crippen molar-refractivity contribution < 1.29 is 19.4 Å². The van der Waals surface area contributed by atoms with Gasteiger partial charge in [-0.25, -0.2) is 0 Å². The predicted octanol–water partition coefficient (Wildman–Crippen LogP) is 4.72. The second-order valence-corrected chi connectivity index (χ2v) is 7.65. The molecule has 2 aromatic carbocycles. The van der Waals surface area contributed by atoms with Gasteiger partial charge in [0.15, 0.2) is 0 Å². The van der Waals surface area contributed by atoms with Crippen molar-refractivity contribution in [3.05, 3.63) is 94.8 Å². The Labute approximate surface area is 186 Å². The molecule has 1 saturated heterocycles. The summed E-state index contributed by atoms with van der Waals surface area (Å²) in [6.07, 6.45) is 3.21. The van der Waals surface area contributed by atoms with Gasteiger partial charge in [-0.05, 0) is 73.9 Å². The first-order valence-electron chi connectivity index (χ1n) is 10.4. The minimum Gasteiger partial charge on any atom is -0.507 e. The Balaban J connectivity index is 1.92. The molecule has 0 radical (unpaired) electrons. The van der Waals surface area contributed by atoms with Crippen molar-refractivity contribution in [3.8, 4) is 5.75 Å². The first-order chi connectivity index (χ1) is 15.4. The third-order valence-corrected chi connectivity index (χ3v) is 5.59. The van der Waals surface area contributed by atoms with Crippen LogP contribution in [0.15, 0.2) is 72.6 Å². The van der Waals surface area contributed by atoms with E-state index in [0.717, 1.165) is 11.1 Å². The average molecular weight is 428 g/mol. The molecule has 4 rings (SSSR count). The van der Waals surface area contributed by atoms with Crippen LogP contribution in [0.4, 0.5) is 5.69 Å². The number of hydrogen-bond acceptors (Lipinski definition) is 5. The van der Waals surface area contributed by atoms with Crippen molar-refractivity contribution >= 4 is 23.1 Å². The van der Waals surface area contributed by atoms with E-state index in [0.29, 0.717) is 29.2 Å². The lowest BCUT2D eigenvalue weighted by Gasteiger charge is -2.26. The molecule has 1 fully saturated rings. The average Bonchev–Trinajstić information content (AvgIpc) is 3.06. The van der Waals surface area contributed by atoms with Gasteiger partial charge < -0.3 is 9.84 Å². The number of aliphatic hydroxyl groups excluding tert-OH is 1. The third-order valence-electron chi connectivity index (χ3n) is 5.59. The highest BCUT2D eigenvalue weighted by Crippen LogP contribution is 2.43. The molecule has 3 aromatic rings. The van der Waals surface area contributed by atoms with Gasteiger partial charge >= 0.3 is 0 Å². The van der Waals surface area contributed by atoms with Gasteiger partial charge in [0, 0.05) is 23.6 Å². The Kier molecular flexibility index (Phi) is 5.77. The van der Waals surface area contributed by atoms with Crippen LogP contribution < -0.4 is 9.64 Å². The molecular formula is C26H24N2O4. The zero-order chi connectivity index (χ0) is 22.8. The molecule has 162 valence electrons. The van der Waals surface area contributed by atoms with Crippen molar-refractivity contribution in [2.24, 2.45) is 0 Å². The lowest BCUT2D eigenvalue weighted by atomic mass is 9.95. The van der Waals surface area contributed by atoms with Gasteiger partial charge in [-0.1, -0.05) is 18.2 Å². The largest absolute Gasteiger partial charge is 0.507 e. The molecule has 0 bridgehead atoms. The van der Waals surface area contributed by atoms with Crippen LogP contribution in [0, 0.1) is 13.8 Å². The van der Waals surface area contributed by atoms with E-state index >= 15 is 0 Å². The fourth-order valence-corrected chi connectivity index (χ4v) is 4.05. The van der Waals surface area contributed by atoms with Crippen molar-refractivity contribution in [1.82, 2.24) is 4.98 Å². The molecule has 1 N–H and O–H groups in total. The van der Waals surface area contributed by atoms with E-state index in [1.54, 1.807) is 48.8 Å². The normalized spacial score (nSPS) is 17.6. The first kappa shape index (κ1) is 21.3. The summed E-state index contributed by atoms with van der Waals surface area (Å²) >= 11 is 0. The molecule has 0 aliphatic carbocycles. The molecule has 1 aliphatic heterocycles. The van der Waals surface area contributed by atoms with E-state index in [-0.39, 0.29) is 11.3 Å². The monoisotopic (exact) mass is 428 g/mol. The highest BCUT2D eigenvalue weighted by Gasteiger charge is 2.47. The van der Waals surface area contributed by atoms with Gasteiger partial charge in [-0.15, -0.1) is 0 Å². The van der Waals surface area contributed by atoms with Crippen LogP contribution in [-0.2, 0) is 9.59 Å². The Bertz CT molecular complexity index is 1220. The topological polar surface area (TPSA) is 79.7 Å². The molecular weight excluding hydrogens is 404 g/mol. The number of para-hydroxylation sites is 1. The molecule has 6 heteroatoms. The summed E-state index contributed by atoms with van der Waals surface area (Å²) in [5, 5.41) is 11.2. The number of amides is 1. The molecule has 2 heterocycles. The molecule has 0 spiro atoms. The molecule has 1 amide bonds. The SMILES string of the molecule is CCOc1ccc(/C(O)=C2/C(=O)C(=O)N(c3ccccc3C)C2c2ccncc2)cc1C. The van der Waals surface area contributed by atoms with E-state index < -0.39 is 17.7 Å². The van der Waals surface area contributed by atoms with Crippen molar-refractivity contribution in [2.45, 2.75) is 26.8 Å². The number of carbonyl (C=O) groups excluding carboxylic acids is 2. The number of aryl methyl sites for hydroxylation is 2. The van der Waals surface area contributed by atoms with Crippen molar-refractivity contribution in [1.29, 1.82) is 0 Å². The van der Waals surface area contributed by atoms with Crippen molar-refractivity contribution in [2.75, 3.05) is 11.5 Å². The van der Waals surface area contributed by atoms with Gasteiger partial charge in [0.25, 0.3) is 11.7 Å².